The summed E-state index contributed by atoms with van der Waals surface area (Å²) in [6, 6.07) is 18.2. The molecule has 4 nitrogen and oxygen atoms in total. The van der Waals surface area contributed by atoms with Gasteiger partial charge in [0.2, 0.25) is 0 Å². The van der Waals surface area contributed by atoms with Gasteiger partial charge in [-0.05, 0) is 23.3 Å². The number of nitrogens with one attached hydrogen (secondary N) is 2. The van der Waals surface area contributed by atoms with E-state index in [9.17, 15) is 0 Å². The Hall–Kier alpha value is -2.49. The van der Waals surface area contributed by atoms with Crippen LogP contribution in [0.15, 0.2) is 59.6 Å². The molecule has 0 bridgehead atoms. The second-order valence-electron chi connectivity index (χ2n) is 4.60. The molecule has 0 heterocycles. The topological polar surface area (TPSA) is 45.7 Å². The molecule has 0 unspecified atom stereocenters. The minimum absolute atomic E-state index is 0.579. The molecule has 2 N–H and O–H groups in total. The van der Waals surface area contributed by atoms with Crippen LogP contribution in [0.3, 0.4) is 0 Å². The molecule has 2 aromatic rings. The molecule has 0 aliphatic heterocycles. The number of aliphatic imine (C=N–C) groups is 1. The van der Waals surface area contributed by atoms with Crippen molar-refractivity contribution in [1.82, 2.24) is 10.6 Å². The summed E-state index contributed by atoms with van der Waals surface area (Å²) in [6.45, 7) is 1.28. The molecular formula is C17H21N3O. The molecule has 0 spiro atoms. The van der Waals surface area contributed by atoms with Crippen LogP contribution < -0.4 is 15.4 Å². The van der Waals surface area contributed by atoms with E-state index in [1.807, 2.05) is 43.4 Å². The van der Waals surface area contributed by atoms with Crippen molar-refractivity contribution in [3.05, 3.63) is 65.7 Å². The zero-order chi connectivity index (χ0) is 14.9. The summed E-state index contributed by atoms with van der Waals surface area (Å²) in [7, 11) is 3.59. The van der Waals surface area contributed by atoms with Crippen LogP contribution in [-0.4, -0.2) is 20.1 Å². The minimum atomic E-state index is 0.579. The summed E-state index contributed by atoms with van der Waals surface area (Å²) in [6.07, 6.45) is 0. The van der Waals surface area contributed by atoms with Crippen molar-refractivity contribution in [2.45, 2.75) is 13.2 Å². The van der Waals surface area contributed by atoms with E-state index in [1.54, 1.807) is 7.05 Å². The molecular weight excluding hydrogens is 262 g/mol. The van der Waals surface area contributed by atoms with Crippen molar-refractivity contribution in [3.63, 3.8) is 0 Å². The molecule has 110 valence electrons. The fourth-order valence-electron chi connectivity index (χ4n) is 1.95. The molecule has 2 aromatic carbocycles. The van der Waals surface area contributed by atoms with Gasteiger partial charge >= 0.3 is 0 Å². The number of rotatable bonds is 5. The Morgan fingerprint density at radius 2 is 1.81 bits per heavy atom. The fraction of sp³-hybridized carbons (Fsp3) is 0.235. The predicted molar refractivity (Wildman–Crippen MR) is 86.5 cm³/mol. The van der Waals surface area contributed by atoms with Gasteiger partial charge in [0.1, 0.15) is 12.4 Å². The molecule has 21 heavy (non-hydrogen) atoms. The Morgan fingerprint density at radius 1 is 1.05 bits per heavy atom. The summed E-state index contributed by atoms with van der Waals surface area (Å²) in [5.41, 5.74) is 2.31. The Labute approximate surface area is 125 Å². The molecule has 0 fully saturated rings. The summed E-state index contributed by atoms with van der Waals surface area (Å²) in [5.74, 6) is 1.64. The maximum absolute atomic E-state index is 5.82. The van der Waals surface area contributed by atoms with Gasteiger partial charge in [-0.15, -0.1) is 0 Å². The Kier molecular flexibility index (Phi) is 5.64. The van der Waals surface area contributed by atoms with E-state index in [0.717, 1.165) is 22.8 Å². The third kappa shape index (κ3) is 4.84. The molecule has 0 saturated carbocycles. The summed E-state index contributed by atoms with van der Waals surface area (Å²) < 4.78 is 5.82. The standard InChI is InChI=1S/C17H21N3O/c1-18-17(19-2)20-12-15-9-6-10-16(11-15)21-13-14-7-4-3-5-8-14/h3-11H,12-13H2,1-2H3,(H2,18,19,20). The Bertz CT molecular complexity index is 582. The maximum Gasteiger partial charge on any atom is 0.190 e. The van der Waals surface area contributed by atoms with Gasteiger partial charge in [0.15, 0.2) is 5.96 Å². The van der Waals surface area contributed by atoms with Crippen LogP contribution in [0.4, 0.5) is 0 Å². The number of benzene rings is 2. The molecule has 0 aliphatic rings. The van der Waals surface area contributed by atoms with E-state index in [4.69, 9.17) is 4.74 Å². The molecule has 0 aliphatic carbocycles. The summed E-state index contributed by atoms with van der Waals surface area (Å²) >= 11 is 0. The number of hydrogen-bond acceptors (Lipinski definition) is 2. The largest absolute Gasteiger partial charge is 0.489 e. The average Bonchev–Trinajstić information content (AvgIpc) is 2.55. The third-order valence-electron chi connectivity index (χ3n) is 3.07. The van der Waals surface area contributed by atoms with Crippen LogP contribution in [0.25, 0.3) is 0 Å². The highest BCUT2D eigenvalue weighted by Crippen LogP contribution is 2.15. The van der Waals surface area contributed by atoms with Crippen molar-refractivity contribution in [3.8, 4) is 5.75 Å². The first-order valence-electron chi connectivity index (χ1n) is 6.96. The lowest BCUT2D eigenvalue weighted by Crippen LogP contribution is -2.34. The summed E-state index contributed by atoms with van der Waals surface area (Å²) in [4.78, 5) is 4.08. The van der Waals surface area contributed by atoms with Crippen molar-refractivity contribution in [2.24, 2.45) is 4.99 Å². The highest BCUT2D eigenvalue weighted by Gasteiger charge is 1.99. The van der Waals surface area contributed by atoms with Gasteiger partial charge < -0.3 is 15.4 Å². The fourth-order valence-corrected chi connectivity index (χ4v) is 1.95. The highest BCUT2D eigenvalue weighted by molar-refractivity contribution is 5.79. The smallest absolute Gasteiger partial charge is 0.190 e. The third-order valence-corrected chi connectivity index (χ3v) is 3.07. The monoisotopic (exact) mass is 283 g/mol. The maximum atomic E-state index is 5.82. The van der Waals surface area contributed by atoms with Gasteiger partial charge in [0.25, 0.3) is 0 Å². The van der Waals surface area contributed by atoms with Gasteiger partial charge in [-0.2, -0.15) is 0 Å². The molecule has 0 atom stereocenters. The first-order chi connectivity index (χ1) is 10.3. The first-order valence-corrected chi connectivity index (χ1v) is 6.96. The van der Waals surface area contributed by atoms with Crippen LogP contribution in [0, 0.1) is 0 Å². The van der Waals surface area contributed by atoms with Crippen molar-refractivity contribution >= 4 is 5.96 Å². The van der Waals surface area contributed by atoms with Gasteiger partial charge in [0.05, 0.1) is 0 Å². The highest BCUT2D eigenvalue weighted by atomic mass is 16.5. The van der Waals surface area contributed by atoms with Crippen LogP contribution in [0.5, 0.6) is 5.75 Å². The Morgan fingerprint density at radius 3 is 2.52 bits per heavy atom. The number of ether oxygens (including phenoxy) is 1. The number of guanidine groups is 1. The molecule has 0 radical (unpaired) electrons. The summed E-state index contributed by atoms with van der Waals surface area (Å²) in [5, 5.41) is 6.21. The molecule has 0 aromatic heterocycles. The van der Waals surface area contributed by atoms with E-state index in [1.165, 1.54) is 0 Å². The second kappa shape index (κ2) is 7.94. The zero-order valence-corrected chi connectivity index (χ0v) is 12.5. The van der Waals surface area contributed by atoms with E-state index in [-0.39, 0.29) is 0 Å². The average molecular weight is 283 g/mol. The molecule has 0 amide bonds. The van der Waals surface area contributed by atoms with E-state index in [2.05, 4.69) is 33.8 Å². The molecule has 2 rings (SSSR count). The minimum Gasteiger partial charge on any atom is -0.489 e. The SMILES string of the molecule is CN=C(NC)NCc1cccc(OCc2ccccc2)c1. The lowest BCUT2D eigenvalue weighted by Gasteiger charge is -2.10. The van der Waals surface area contributed by atoms with Crippen molar-refractivity contribution < 1.29 is 4.74 Å². The number of hydrogen-bond donors (Lipinski definition) is 2. The van der Waals surface area contributed by atoms with Crippen molar-refractivity contribution in [1.29, 1.82) is 0 Å². The predicted octanol–water partition coefficient (Wildman–Crippen LogP) is 2.56. The van der Waals surface area contributed by atoms with Crippen LogP contribution in [0.1, 0.15) is 11.1 Å². The van der Waals surface area contributed by atoms with Gasteiger partial charge in [-0.25, -0.2) is 0 Å². The first kappa shape index (κ1) is 14.9. The van der Waals surface area contributed by atoms with Crippen LogP contribution >= 0.6 is 0 Å². The quantitative estimate of drug-likeness (QED) is 0.655. The number of nitrogens with zero attached hydrogens (tertiary/aromatic N) is 1. The van der Waals surface area contributed by atoms with Gasteiger partial charge in [-0.3, -0.25) is 4.99 Å². The van der Waals surface area contributed by atoms with Crippen molar-refractivity contribution in [2.75, 3.05) is 14.1 Å². The van der Waals surface area contributed by atoms with Crippen LogP contribution in [-0.2, 0) is 13.2 Å². The second-order valence-corrected chi connectivity index (χ2v) is 4.60. The normalized spacial score (nSPS) is 11.0. The lowest BCUT2D eigenvalue weighted by atomic mass is 10.2. The van der Waals surface area contributed by atoms with Crippen LogP contribution in [0.2, 0.25) is 0 Å². The van der Waals surface area contributed by atoms with E-state index in [0.29, 0.717) is 13.2 Å². The molecule has 4 heteroatoms. The van der Waals surface area contributed by atoms with E-state index < -0.39 is 0 Å². The molecule has 0 saturated heterocycles. The van der Waals surface area contributed by atoms with Gasteiger partial charge in [-0.1, -0.05) is 42.5 Å². The lowest BCUT2D eigenvalue weighted by molar-refractivity contribution is 0.306. The van der Waals surface area contributed by atoms with E-state index >= 15 is 0 Å². The van der Waals surface area contributed by atoms with Gasteiger partial charge in [0, 0.05) is 20.6 Å². The Balaban J connectivity index is 1.91. The zero-order valence-electron chi connectivity index (χ0n) is 12.5.